The molecule has 2 rings (SSSR count). The maximum atomic E-state index is 11.9. The van der Waals surface area contributed by atoms with Gasteiger partial charge in [0.2, 0.25) is 5.91 Å². The summed E-state index contributed by atoms with van der Waals surface area (Å²) < 4.78 is 0. The predicted octanol–water partition coefficient (Wildman–Crippen LogP) is 1.04. The van der Waals surface area contributed by atoms with E-state index in [0.717, 1.165) is 50.7 Å². The zero-order valence-corrected chi connectivity index (χ0v) is 16.7. The molecule has 0 radical (unpaired) electrons. The van der Waals surface area contributed by atoms with Crippen molar-refractivity contribution in [3.63, 3.8) is 0 Å². The molecule has 1 aliphatic rings. The van der Waals surface area contributed by atoms with E-state index in [0.29, 0.717) is 18.8 Å². The van der Waals surface area contributed by atoms with Crippen LogP contribution in [0.25, 0.3) is 0 Å². The zero-order chi connectivity index (χ0) is 19.6. The molecule has 0 spiro atoms. The lowest BCUT2D eigenvalue weighted by Gasteiger charge is -2.36. The molecule has 3 N–H and O–H groups in total. The second-order valence-corrected chi connectivity index (χ2v) is 7.14. The molecule has 0 atom stereocenters. The number of piperazine rings is 1. The van der Waals surface area contributed by atoms with Crippen LogP contribution in [-0.4, -0.2) is 78.6 Å². The minimum Gasteiger partial charge on any atom is -0.508 e. The molecular weight excluding hydrogens is 342 g/mol. The standard InChI is InChI=1S/C20H33N5O2/c1-4-21-20(22-9-8-17-6-5-7-18(26)14-17)25-12-10-24(11-13-25)15-19(27)23-16(2)3/h5-7,14,16,26H,4,8-13,15H2,1-3H3,(H,21,22)(H,23,27). The molecule has 150 valence electrons. The number of guanidine groups is 1. The molecule has 0 aliphatic carbocycles. The van der Waals surface area contributed by atoms with Crippen molar-refractivity contribution < 1.29 is 9.90 Å². The summed E-state index contributed by atoms with van der Waals surface area (Å²) in [5.41, 5.74) is 1.08. The second-order valence-electron chi connectivity index (χ2n) is 7.14. The number of phenolic OH excluding ortho intramolecular Hbond substituents is 1. The second kappa shape index (κ2) is 10.8. The summed E-state index contributed by atoms with van der Waals surface area (Å²) in [4.78, 5) is 21.1. The molecule has 0 saturated carbocycles. The van der Waals surface area contributed by atoms with E-state index in [1.54, 1.807) is 12.1 Å². The van der Waals surface area contributed by atoms with Gasteiger partial charge in [-0.05, 0) is 44.9 Å². The van der Waals surface area contributed by atoms with Crippen molar-refractivity contribution in [3.05, 3.63) is 29.8 Å². The number of hydrogen-bond donors (Lipinski definition) is 3. The van der Waals surface area contributed by atoms with E-state index in [-0.39, 0.29) is 11.9 Å². The minimum atomic E-state index is 0.0881. The van der Waals surface area contributed by atoms with Crippen LogP contribution in [0.2, 0.25) is 0 Å². The lowest BCUT2D eigenvalue weighted by molar-refractivity contribution is -0.123. The normalized spacial score (nSPS) is 15.9. The number of amides is 1. The molecule has 1 aliphatic heterocycles. The van der Waals surface area contributed by atoms with Crippen LogP contribution in [0.15, 0.2) is 29.3 Å². The van der Waals surface area contributed by atoms with Gasteiger partial charge in [0.1, 0.15) is 5.75 Å². The van der Waals surface area contributed by atoms with E-state index in [4.69, 9.17) is 4.99 Å². The summed E-state index contributed by atoms with van der Waals surface area (Å²) in [7, 11) is 0. The summed E-state index contributed by atoms with van der Waals surface area (Å²) in [6, 6.07) is 7.50. The molecule has 1 aromatic rings. The number of hydrogen-bond acceptors (Lipinski definition) is 4. The van der Waals surface area contributed by atoms with E-state index in [2.05, 4.69) is 27.4 Å². The Morgan fingerprint density at radius 3 is 2.63 bits per heavy atom. The highest BCUT2D eigenvalue weighted by Crippen LogP contribution is 2.11. The molecule has 1 fully saturated rings. The van der Waals surface area contributed by atoms with Crippen molar-refractivity contribution >= 4 is 11.9 Å². The van der Waals surface area contributed by atoms with Gasteiger partial charge in [-0.25, -0.2) is 0 Å². The number of phenols is 1. The highest BCUT2D eigenvalue weighted by Gasteiger charge is 2.21. The summed E-state index contributed by atoms with van der Waals surface area (Å²) in [6.07, 6.45) is 0.790. The molecule has 7 heteroatoms. The van der Waals surface area contributed by atoms with E-state index < -0.39 is 0 Å². The molecule has 7 nitrogen and oxygen atoms in total. The zero-order valence-electron chi connectivity index (χ0n) is 16.7. The number of aromatic hydroxyl groups is 1. The van der Waals surface area contributed by atoms with Crippen molar-refractivity contribution in [3.8, 4) is 5.75 Å². The summed E-state index contributed by atoms with van der Waals surface area (Å²) >= 11 is 0. The first-order chi connectivity index (χ1) is 13.0. The van der Waals surface area contributed by atoms with Crippen LogP contribution in [0.3, 0.4) is 0 Å². The average molecular weight is 376 g/mol. The third-order valence-corrected chi connectivity index (χ3v) is 4.40. The fraction of sp³-hybridized carbons (Fsp3) is 0.600. The highest BCUT2D eigenvalue weighted by molar-refractivity contribution is 5.80. The van der Waals surface area contributed by atoms with Crippen LogP contribution in [0, 0.1) is 0 Å². The first-order valence-corrected chi connectivity index (χ1v) is 9.80. The van der Waals surface area contributed by atoms with Gasteiger partial charge in [-0.2, -0.15) is 0 Å². The van der Waals surface area contributed by atoms with E-state index in [9.17, 15) is 9.90 Å². The molecule has 1 saturated heterocycles. The number of carbonyl (C=O) groups excluding carboxylic acids is 1. The van der Waals surface area contributed by atoms with Gasteiger partial charge in [0.05, 0.1) is 6.54 Å². The van der Waals surface area contributed by atoms with Crippen molar-refractivity contribution in [2.24, 2.45) is 4.99 Å². The fourth-order valence-electron chi connectivity index (χ4n) is 3.12. The topological polar surface area (TPSA) is 80.2 Å². The lowest BCUT2D eigenvalue weighted by Crippen LogP contribution is -2.54. The Labute approximate surface area is 162 Å². The number of benzene rings is 1. The van der Waals surface area contributed by atoms with Gasteiger partial charge in [-0.15, -0.1) is 0 Å². The average Bonchev–Trinajstić information content (AvgIpc) is 2.61. The minimum absolute atomic E-state index is 0.0881. The molecule has 0 bridgehead atoms. The lowest BCUT2D eigenvalue weighted by atomic mass is 10.1. The number of nitrogens with one attached hydrogen (secondary N) is 2. The molecular formula is C20H33N5O2. The fourth-order valence-corrected chi connectivity index (χ4v) is 3.12. The largest absolute Gasteiger partial charge is 0.508 e. The van der Waals surface area contributed by atoms with Gasteiger partial charge >= 0.3 is 0 Å². The SMILES string of the molecule is CCNC(=NCCc1cccc(O)c1)N1CCN(CC(=O)NC(C)C)CC1. The van der Waals surface area contributed by atoms with E-state index >= 15 is 0 Å². The Morgan fingerprint density at radius 2 is 2.00 bits per heavy atom. The van der Waals surface area contributed by atoms with Crippen LogP contribution in [0.4, 0.5) is 0 Å². The Morgan fingerprint density at radius 1 is 1.26 bits per heavy atom. The summed E-state index contributed by atoms with van der Waals surface area (Å²) in [5, 5.41) is 15.9. The van der Waals surface area contributed by atoms with Crippen LogP contribution < -0.4 is 10.6 Å². The molecule has 0 aromatic heterocycles. The third kappa shape index (κ3) is 7.46. The van der Waals surface area contributed by atoms with Gasteiger partial charge in [0.25, 0.3) is 0 Å². The van der Waals surface area contributed by atoms with Gasteiger partial charge in [-0.3, -0.25) is 14.7 Å². The molecule has 1 heterocycles. The Kier molecular flexibility index (Phi) is 8.39. The van der Waals surface area contributed by atoms with Gasteiger partial charge in [0, 0.05) is 45.3 Å². The monoisotopic (exact) mass is 375 g/mol. The Hall–Kier alpha value is -2.28. The first-order valence-electron chi connectivity index (χ1n) is 9.80. The highest BCUT2D eigenvalue weighted by atomic mass is 16.3. The van der Waals surface area contributed by atoms with Crippen LogP contribution in [-0.2, 0) is 11.2 Å². The number of carbonyl (C=O) groups is 1. The van der Waals surface area contributed by atoms with Crippen LogP contribution in [0.1, 0.15) is 26.3 Å². The first kappa shape index (κ1) is 21.0. The molecule has 27 heavy (non-hydrogen) atoms. The van der Waals surface area contributed by atoms with Crippen molar-refractivity contribution in [2.75, 3.05) is 45.8 Å². The van der Waals surface area contributed by atoms with Gasteiger partial charge in [0.15, 0.2) is 5.96 Å². The number of nitrogens with zero attached hydrogens (tertiary/aromatic N) is 3. The maximum absolute atomic E-state index is 11.9. The summed E-state index contributed by atoms with van der Waals surface area (Å²) in [6.45, 7) is 11.4. The smallest absolute Gasteiger partial charge is 0.234 e. The quantitative estimate of drug-likeness (QED) is 0.490. The van der Waals surface area contributed by atoms with E-state index in [1.165, 1.54) is 0 Å². The van der Waals surface area contributed by atoms with Crippen molar-refractivity contribution in [1.29, 1.82) is 0 Å². The number of aliphatic imine (C=N–C) groups is 1. The predicted molar refractivity (Wildman–Crippen MR) is 109 cm³/mol. The molecule has 1 aromatic carbocycles. The Balaban J connectivity index is 1.83. The molecule has 0 unspecified atom stereocenters. The maximum Gasteiger partial charge on any atom is 0.234 e. The van der Waals surface area contributed by atoms with Gasteiger partial charge < -0.3 is 20.6 Å². The van der Waals surface area contributed by atoms with Crippen molar-refractivity contribution in [2.45, 2.75) is 33.2 Å². The van der Waals surface area contributed by atoms with Crippen LogP contribution in [0.5, 0.6) is 5.75 Å². The Bertz CT molecular complexity index is 625. The van der Waals surface area contributed by atoms with Crippen molar-refractivity contribution in [1.82, 2.24) is 20.4 Å². The van der Waals surface area contributed by atoms with Crippen LogP contribution >= 0.6 is 0 Å². The van der Waals surface area contributed by atoms with E-state index in [1.807, 2.05) is 26.0 Å². The summed E-state index contributed by atoms with van der Waals surface area (Å²) in [5.74, 6) is 1.30. The number of rotatable bonds is 7. The van der Waals surface area contributed by atoms with Gasteiger partial charge in [-0.1, -0.05) is 12.1 Å². The third-order valence-electron chi connectivity index (χ3n) is 4.40. The molecule has 1 amide bonds.